The number of H-pyrrole nitrogens is 1. The zero-order valence-corrected chi connectivity index (χ0v) is 13.7. The summed E-state index contributed by atoms with van der Waals surface area (Å²) in [6, 6.07) is 13.1. The second-order valence-corrected chi connectivity index (χ2v) is 6.98. The molecule has 0 aliphatic carbocycles. The highest BCUT2D eigenvalue weighted by molar-refractivity contribution is 7.89. The second-order valence-electron chi connectivity index (χ2n) is 5.42. The van der Waals surface area contributed by atoms with Gasteiger partial charge in [0.25, 0.3) is 5.56 Å². The fourth-order valence-electron chi connectivity index (χ4n) is 2.40. The highest BCUT2D eigenvalue weighted by atomic mass is 32.2. The SMILES string of the molecule is CC(Nc1nc2ccccc2c(=O)[nH]1)c1cccc(S(N)(=O)=O)c1. The maximum absolute atomic E-state index is 12.1. The molecule has 3 rings (SSSR count). The minimum atomic E-state index is -3.77. The van der Waals surface area contributed by atoms with Gasteiger partial charge >= 0.3 is 0 Å². The standard InChI is InChI=1S/C16H16N4O3S/c1-10(11-5-4-6-12(9-11)24(17,22)23)18-16-19-14-8-3-2-7-13(14)15(21)20-16/h2-10H,1H3,(H2,17,22,23)(H2,18,19,20,21). The Morgan fingerprint density at radius 2 is 1.92 bits per heavy atom. The van der Waals surface area contributed by atoms with Crippen molar-refractivity contribution in [3.05, 3.63) is 64.4 Å². The number of para-hydroxylation sites is 1. The van der Waals surface area contributed by atoms with Crippen molar-refractivity contribution in [2.45, 2.75) is 17.9 Å². The predicted octanol–water partition coefficient (Wildman–Crippen LogP) is 1.74. The van der Waals surface area contributed by atoms with E-state index in [1.54, 1.807) is 36.4 Å². The Bertz CT molecular complexity index is 1060. The van der Waals surface area contributed by atoms with Crippen molar-refractivity contribution >= 4 is 26.9 Å². The number of nitrogens with one attached hydrogen (secondary N) is 2. The molecule has 1 unspecified atom stereocenters. The number of primary sulfonamides is 1. The minimum absolute atomic E-state index is 0.0358. The van der Waals surface area contributed by atoms with Gasteiger partial charge in [0.15, 0.2) is 0 Å². The van der Waals surface area contributed by atoms with Crippen LogP contribution in [0, 0.1) is 0 Å². The first kappa shape index (κ1) is 16.2. The lowest BCUT2D eigenvalue weighted by molar-refractivity contribution is 0.597. The van der Waals surface area contributed by atoms with Crippen molar-refractivity contribution in [2.24, 2.45) is 5.14 Å². The normalized spacial score (nSPS) is 12.9. The number of sulfonamides is 1. The van der Waals surface area contributed by atoms with Gasteiger partial charge in [-0.3, -0.25) is 9.78 Å². The molecule has 1 aromatic heterocycles. The van der Waals surface area contributed by atoms with Crippen LogP contribution in [-0.2, 0) is 10.0 Å². The number of hydrogen-bond acceptors (Lipinski definition) is 5. The first-order valence-electron chi connectivity index (χ1n) is 7.23. The second kappa shape index (κ2) is 6.06. The molecule has 3 aromatic rings. The number of nitrogens with two attached hydrogens (primary N) is 1. The average molecular weight is 344 g/mol. The van der Waals surface area contributed by atoms with E-state index in [-0.39, 0.29) is 16.5 Å². The zero-order chi connectivity index (χ0) is 17.3. The Labute approximate surface area is 138 Å². The summed E-state index contributed by atoms with van der Waals surface area (Å²) in [6.45, 7) is 1.83. The van der Waals surface area contributed by atoms with Crippen molar-refractivity contribution in [3.8, 4) is 0 Å². The van der Waals surface area contributed by atoms with Crippen LogP contribution >= 0.6 is 0 Å². The van der Waals surface area contributed by atoms with Crippen LogP contribution in [0.3, 0.4) is 0 Å². The van der Waals surface area contributed by atoms with Gasteiger partial charge in [0.05, 0.1) is 21.8 Å². The number of anilines is 1. The van der Waals surface area contributed by atoms with Gasteiger partial charge in [-0.25, -0.2) is 18.5 Å². The Balaban J connectivity index is 1.93. The number of rotatable bonds is 4. The molecular formula is C16H16N4O3S. The third-order valence-electron chi connectivity index (χ3n) is 3.65. The molecule has 24 heavy (non-hydrogen) atoms. The largest absolute Gasteiger partial charge is 0.349 e. The lowest BCUT2D eigenvalue weighted by Crippen LogP contribution is -2.16. The van der Waals surface area contributed by atoms with Gasteiger partial charge in [0.1, 0.15) is 0 Å². The van der Waals surface area contributed by atoms with Gasteiger partial charge in [-0.1, -0.05) is 24.3 Å². The first-order valence-corrected chi connectivity index (χ1v) is 8.77. The number of aromatic amines is 1. The zero-order valence-electron chi connectivity index (χ0n) is 12.9. The lowest BCUT2D eigenvalue weighted by atomic mass is 10.1. The fraction of sp³-hybridized carbons (Fsp3) is 0.125. The minimum Gasteiger partial charge on any atom is -0.349 e. The molecule has 0 saturated carbocycles. The van der Waals surface area contributed by atoms with Gasteiger partial charge < -0.3 is 5.32 Å². The van der Waals surface area contributed by atoms with Gasteiger partial charge in [0, 0.05) is 0 Å². The van der Waals surface area contributed by atoms with Crippen molar-refractivity contribution in [1.29, 1.82) is 0 Å². The van der Waals surface area contributed by atoms with Gasteiger partial charge in [-0.2, -0.15) is 0 Å². The van der Waals surface area contributed by atoms with Gasteiger partial charge in [-0.15, -0.1) is 0 Å². The number of benzene rings is 2. The summed E-state index contributed by atoms with van der Waals surface area (Å²) in [7, 11) is -3.77. The van der Waals surface area contributed by atoms with Crippen LogP contribution in [0.25, 0.3) is 10.9 Å². The van der Waals surface area contributed by atoms with Crippen LogP contribution in [-0.4, -0.2) is 18.4 Å². The Morgan fingerprint density at radius 3 is 2.67 bits per heavy atom. The Kier molecular flexibility index (Phi) is 4.08. The molecule has 0 radical (unpaired) electrons. The molecule has 0 aliphatic heterocycles. The van der Waals surface area contributed by atoms with E-state index in [9.17, 15) is 13.2 Å². The molecule has 7 nitrogen and oxygen atoms in total. The van der Waals surface area contributed by atoms with Crippen molar-refractivity contribution in [2.75, 3.05) is 5.32 Å². The number of aromatic nitrogens is 2. The summed E-state index contributed by atoms with van der Waals surface area (Å²) < 4.78 is 22.9. The molecule has 0 spiro atoms. The lowest BCUT2D eigenvalue weighted by Gasteiger charge is -2.15. The van der Waals surface area contributed by atoms with E-state index in [0.29, 0.717) is 22.4 Å². The van der Waals surface area contributed by atoms with Crippen molar-refractivity contribution < 1.29 is 8.42 Å². The highest BCUT2D eigenvalue weighted by Gasteiger charge is 2.13. The number of nitrogens with zero attached hydrogens (tertiary/aromatic N) is 1. The highest BCUT2D eigenvalue weighted by Crippen LogP contribution is 2.20. The predicted molar refractivity (Wildman–Crippen MR) is 92.2 cm³/mol. The molecule has 0 aliphatic rings. The van der Waals surface area contributed by atoms with Gasteiger partial charge in [-0.05, 0) is 36.8 Å². The average Bonchev–Trinajstić information content (AvgIpc) is 2.54. The molecule has 8 heteroatoms. The van der Waals surface area contributed by atoms with Crippen LogP contribution in [0.5, 0.6) is 0 Å². The number of fused-ring (bicyclic) bond motifs is 1. The fourth-order valence-corrected chi connectivity index (χ4v) is 2.97. The van der Waals surface area contributed by atoms with E-state index in [1.165, 1.54) is 12.1 Å². The third kappa shape index (κ3) is 3.29. The summed E-state index contributed by atoms with van der Waals surface area (Å²) >= 11 is 0. The van der Waals surface area contributed by atoms with E-state index in [0.717, 1.165) is 0 Å². The van der Waals surface area contributed by atoms with Crippen molar-refractivity contribution in [1.82, 2.24) is 9.97 Å². The molecule has 0 saturated heterocycles. The molecule has 0 fully saturated rings. The van der Waals surface area contributed by atoms with Crippen LogP contribution in [0.1, 0.15) is 18.5 Å². The molecule has 0 bridgehead atoms. The molecule has 2 aromatic carbocycles. The maximum atomic E-state index is 12.1. The van der Waals surface area contributed by atoms with E-state index in [2.05, 4.69) is 15.3 Å². The summed E-state index contributed by atoms with van der Waals surface area (Å²) in [6.07, 6.45) is 0. The van der Waals surface area contributed by atoms with Crippen LogP contribution in [0.15, 0.2) is 58.2 Å². The topological polar surface area (TPSA) is 118 Å². The van der Waals surface area contributed by atoms with Crippen LogP contribution < -0.4 is 16.0 Å². The summed E-state index contributed by atoms with van der Waals surface area (Å²) in [5, 5.41) is 8.73. The monoisotopic (exact) mass is 344 g/mol. The van der Waals surface area contributed by atoms with Gasteiger partial charge in [0.2, 0.25) is 16.0 Å². The Hall–Kier alpha value is -2.71. The summed E-state index contributed by atoms with van der Waals surface area (Å²) in [5.74, 6) is 0.312. The molecule has 0 amide bonds. The molecular weight excluding hydrogens is 328 g/mol. The van der Waals surface area contributed by atoms with E-state index in [1.807, 2.05) is 6.92 Å². The molecule has 1 atom stereocenters. The van der Waals surface area contributed by atoms with Crippen LogP contribution in [0.2, 0.25) is 0 Å². The smallest absolute Gasteiger partial charge is 0.260 e. The maximum Gasteiger partial charge on any atom is 0.260 e. The van der Waals surface area contributed by atoms with Crippen LogP contribution in [0.4, 0.5) is 5.95 Å². The first-order chi connectivity index (χ1) is 11.3. The molecule has 4 N–H and O–H groups in total. The van der Waals surface area contributed by atoms with E-state index >= 15 is 0 Å². The van der Waals surface area contributed by atoms with Crippen molar-refractivity contribution in [3.63, 3.8) is 0 Å². The number of hydrogen-bond donors (Lipinski definition) is 3. The van der Waals surface area contributed by atoms with E-state index in [4.69, 9.17) is 5.14 Å². The summed E-state index contributed by atoms with van der Waals surface area (Å²) in [5.41, 5.74) is 1.04. The molecule has 1 heterocycles. The summed E-state index contributed by atoms with van der Waals surface area (Å²) in [4.78, 5) is 19.1. The molecule has 124 valence electrons. The quantitative estimate of drug-likeness (QED) is 0.666. The Morgan fingerprint density at radius 1 is 1.17 bits per heavy atom. The third-order valence-corrected chi connectivity index (χ3v) is 4.56. The van der Waals surface area contributed by atoms with E-state index < -0.39 is 10.0 Å².